The number of rotatable bonds is 10. The monoisotopic (exact) mass is 288 g/mol. The summed E-state index contributed by atoms with van der Waals surface area (Å²) in [4.78, 5) is 24.0. The second-order valence-electron chi connectivity index (χ2n) is 5.81. The van der Waals surface area contributed by atoms with E-state index < -0.39 is 5.97 Å². The molecule has 0 bridgehead atoms. The molecule has 0 fully saturated rings. The number of carboxylic acids is 1. The van der Waals surface area contributed by atoms with Gasteiger partial charge in [0, 0.05) is 40.3 Å². The molecule has 0 aromatic carbocycles. The molecular weight excluding hydrogens is 260 g/mol. The molecule has 0 aliphatic rings. The Morgan fingerprint density at radius 2 is 1.95 bits per heavy atom. The summed E-state index contributed by atoms with van der Waals surface area (Å²) in [5.41, 5.74) is -0.0830. The number of urea groups is 1. The van der Waals surface area contributed by atoms with Crippen molar-refractivity contribution in [2.24, 2.45) is 5.41 Å². The topological polar surface area (TPSA) is 78.9 Å². The molecule has 0 aliphatic carbocycles. The van der Waals surface area contributed by atoms with Crippen molar-refractivity contribution in [3.63, 3.8) is 0 Å². The molecule has 0 rings (SSSR count). The Bertz CT molecular complexity index is 306. The highest BCUT2D eigenvalue weighted by Gasteiger charge is 2.19. The Hall–Kier alpha value is -1.30. The van der Waals surface area contributed by atoms with E-state index in [0.29, 0.717) is 26.1 Å². The molecule has 6 nitrogen and oxygen atoms in total. The fourth-order valence-electron chi connectivity index (χ4n) is 1.76. The van der Waals surface area contributed by atoms with E-state index in [9.17, 15) is 9.59 Å². The highest BCUT2D eigenvalue weighted by Crippen LogP contribution is 2.25. The Balaban J connectivity index is 3.86. The lowest BCUT2D eigenvalue weighted by atomic mass is 9.84. The summed E-state index contributed by atoms with van der Waals surface area (Å²) < 4.78 is 4.94. The minimum absolute atomic E-state index is 0.0830. The van der Waals surface area contributed by atoms with Crippen molar-refractivity contribution in [3.8, 4) is 0 Å². The zero-order valence-corrected chi connectivity index (χ0v) is 13.1. The predicted octanol–water partition coefficient (Wildman–Crippen LogP) is 1.95. The van der Waals surface area contributed by atoms with Gasteiger partial charge in [-0.25, -0.2) is 4.79 Å². The van der Waals surface area contributed by atoms with Crippen LogP contribution >= 0.6 is 0 Å². The summed E-state index contributed by atoms with van der Waals surface area (Å²) in [5.74, 6) is -0.778. The number of methoxy groups -OCH3 is 1. The van der Waals surface area contributed by atoms with Gasteiger partial charge in [0.25, 0.3) is 0 Å². The van der Waals surface area contributed by atoms with Gasteiger partial charge in [0.05, 0.1) is 0 Å². The van der Waals surface area contributed by atoms with Gasteiger partial charge in [0.1, 0.15) is 0 Å². The van der Waals surface area contributed by atoms with E-state index in [0.717, 1.165) is 12.8 Å². The maximum Gasteiger partial charge on any atom is 0.317 e. The third kappa shape index (κ3) is 9.61. The number of hydrogen-bond acceptors (Lipinski definition) is 3. The van der Waals surface area contributed by atoms with E-state index in [2.05, 4.69) is 5.32 Å². The van der Waals surface area contributed by atoms with E-state index in [1.54, 1.807) is 19.1 Å². The maximum absolute atomic E-state index is 11.8. The molecule has 0 saturated heterocycles. The number of ether oxygens (including phenoxy) is 1. The van der Waals surface area contributed by atoms with Crippen LogP contribution in [0.3, 0.4) is 0 Å². The minimum Gasteiger partial charge on any atom is -0.481 e. The predicted molar refractivity (Wildman–Crippen MR) is 77.8 cm³/mol. The molecule has 0 spiro atoms. The number of carboxylic acid groups (broad SMARTS) is 1. The van der Waals surface area contributed by atoms with E-state index in [1.807, 2.05) is 13.8 Å². The number of aliphatic carboxylic acids is 1. The van der Waals surface area contributed by atoms with Crippen molar-refractivity contribution < 1.29 is 19.4 Å². The summed E-state index contributed by atoms with van der Waals surface area (Å²) in [5, 5.41) is 11.5. The minimum atomic E-state index is -0.778. The van der Waals surface area contributed by atoms with Gasteiger partial charge in [-0.3, -0.25) is 4.79 Å². The van der Waals surface area contributed by atoms with Crippen LogP contribution in [0.15, 0.2) is 0 Å². The fraction of sp³-hybridized carbons (Fsp3) is 0.857. The van der Waals surface area contributed by atoms with Crippen LogP contribution < -0.4 is 5.32 Å². The second kappa shape index (κ2) is 9.58. The van der Waals surface area contributed by atoms with Crippen molar-refractivity contribution >= 4 is 12.0 Å². The molecule has 0 unspecified atom stereocenters. The van der Waals surface area contributed by atoms with Crippen molar-refractivity contribution in [2.45, 2.75) is 39.5 Å². The van der Waals surface area contributed by atoms with Crippen LogP contribution in [0.5, 0.6) is 0 Å². The molecule has 118 valence electrons. The first kappa shape index (κ1) is 18.7. The van der Waals surface area contributed by atoms with E-state index in [-0.39, 0.29) is 17.9 Å². The number of hydrogen-bond donors (Lipinski definition) is 2. The highest BCUT2D eigenvalue weighted by atomic mass is 16.5. The molecule has 20 heavy (non-hydrogen) atoms. The van der Waals surface area contributed by atoms with Crippen LogP contribution in [-0.2, 0) is 9.53 Å². The van der Waals surface area contributed by atoms with Crippen molar-refractivity contribution in [1.29, 1.82) is 0 Å². The zero-order valence-electron chi connectivity index (χ0n) is 13.1. The largest absolute Gasteiger partial charge is 0.481 e. The van der Waals surface area contributed by atoms with Gasteiger partial charge in [-0.1, -0.05) is 13.8 Å². The molecule has 0 heterocycles. The standard InChI is InChI=1S/C14H28N2O4/c1-14(2,7-6-12(17)18)8-9-15-13(19)16(3)10-5-11-20-4/h5-11H2,1-4H3,(H,15,19)(H,17,18). The Morgan fingerprint density at radius 1 is 1.30 bits per heavy atom. The van der Waals surface area contributed by atoms with Crippen molar-refractivity contribution in [2.75, 3.05) is 33.9 Å². The van der Waals surface area contributed by atoms with Gasteiger partial charge in [0.15, 0.2) is 0 Å². The van der Waals surface area contributed by atoms with E-state index in [4.69, 9.17) is 9.84 Å². The van der Waals surface area contributed by atoms with Gasteiger partial charge in [-0.2, -0.15) is 0 Å². The van der Waals surface area contributed by atoms with E-state index in [1.165, 1.54) is 0 Å². The molecule has 0 saturated carbocycles. The molecule has 2 N–H and O–H groups in total. The van der Waals surface area contributed by atoms with Gasteiger partial charge in [-0.15, -0.1) is 0 Å². The summed E-state index contributed by atoms with van der Waals surface area (Å²) in [6.45, 7) is 5.89. The number of amides is 2. The first-order valence-corrected chi connectivity index (χ1v) is 6.98. The Kier molecular flexibility index (Phi) is 8.96. The van der Waals surface area contributed by atoms with Crippen LogP contribution in [0.2, 0.25) is 0 Å². The third-order valence-corrected chi connectivity index (χ3v) is 3.28. The van der Waals surface area contributed by atoms with Gasteiger partial charge in [0.2, 0.25) is 0 Å². The van der Waals surface area contributed by atoms with Gasteiger partial charge >= 0.3 is 12.0 Å². The Morgan fingerprint density at radius 3 is 2.50 bits per heavy atom. The summed E-state index contributed by atoms with van der Waals surface area (Å²) in [6, 6.07) is -0.102. The van der Waals surface area contributed by atoms with Crippen molar-refractivity contribution in [1.82, 2.24) is 10.2 Å². The number of nitrogens with zero attached hydrogens (tertiary/aromatic N) is 1. The molecule has 2 amide bonds. The summed E-state index contributed by atoms with van der Waals surface area (Å²) in [6.07, 6.45) is 2.35. The average molecular weight is 288 g/mol. The molecule has 0 atom stereocenters. The lowest BCUT2D eigenvalue weighted by Crippen LogP contribution is -2.39. The van der Waals surface area contributed by atoms with Crippen molar-refractivity contribution in [3.05, 3.63) is 0 Å². The van der Waals surface area contributed by atoms with Gasteiger partial charge in [-0.05, 0) is 24.7 Å². The fourth-order valence-corrected chi connectivity index (χ4v) is 1.76. The normalized spacial score (nSPS) is 11.2. The number of carbonyl (C=O) groups is 2. The van der Waals surface area contributed by atoms with Crippen LogP contribution in [0.25, 0.3) is 0 Å². The molecule has 0 radical (unpaired) electrons. The molecule has 6 heteroatoms. The van der Waals surface area contributed by atoms with Crippen LogP contribution in [0, 0.1) is 5.41 Å². The molecule has 0 aliphatic heterocycles. The second-order valence-corrected chi connectivity index (χ2v) is 5.81. The SMILES string of the molecule is COCCCN(C)C(=O)NCCC(C)(C)CCC(=O)O. The quantitative estimate of drug-likeness (QED) is 0.602. The first-order chi connectivity index (χ1) is 9.28. The zero-order chi connectivity index (χ0) is 15.6. The van der Waals surface area contributed by atoms with Crippen LogP contribution in [0.4, 0.5) is 4.79 Å². The van der Waals surface area contributed by atoms with Crippen LogP contribution in [0.1, 0.15) is 39.5 Å². The smallest absolute Gasteiger partial charge is 0.317 e. The first-order valence-electron chi connectivity index (χ1n) is 6.98. The van der Waals surface area contributed by atoms with Crippen LogP contribution in [-0.4, -0.2) is 55.9 Å². The lowest BCUT2D eigenvalue weighted by Gasteiger charge is -2.25. The average Bonchev–Trinajstić information content (AvgIpc) is 2.36. The molecular formula is C14H28N2O4. The molecule has 0 aromatic heterocycles. The summed E-state index contributed by atoms with van der Waals surface area (Å²) in [7, 11) is 3.39. The summed E-state index contributed by atoms with van der Waals surface area (Å²) >= 11 is 0. The third-order valence-electron chi connectivity index (χ3n) is 3.28. The number of nitrogens with one attached hydrogen (secondary N) is 1. The lowest BCUT2D eigenvalue weighted by molar-refractivity contribution is -0.137. The maximum atomic E-state index is 11.8. The highest BCUT2D eigenvalue weighted by molar-refractivity contribution is 5.73. The number of carbonyl (C=O) groups excluding carboxylic acids is 1. The molecule has 0 aromatic rings. The van der Waals surface area contributed by atoms with E-state index >= 15 is 0 Å². The Labute approximate surface area is 121 Å². The van der Waals surface area contributed by atoms with Gasteiger partial charge < -0.3 is 20.1 Å².